The SMILES string of the molecule is O=C(C=Cc1ccc(O)c(O)c1)OCC1OC(OC(=O)c2cc(O)c(O)c(O)c2)C(O)C(OC(=O)c2cc(O)c(O)c(O)c2)C1OC(=O)c1cc(O)c(O)c(O)c1. The third-order valence-corrected chi connectivity index (χ3v) is 8.04. The van der Waals surface area contributed by atoms with Gasteiger partial charge >= 0.3 is 23.9 Å². The van der Waals surface area contributed by atoms with Crippen molar-refractivity contribution >= 4 is 30.0 Å². The molecule has 300 valence electrons. The summed E-state index contributed by atoms with van der Waals surface area (Å²) in [6.45, 7) is -0.982. The largest absolute Gasteiger partial charge is 0.504 e. The Balaban J connectivity index is 1.52. The van der Waals surface area contributed by atoms with Crippen molar-refractivity contribution in [2.75, 3.05) is 6.61 Å². The monoisotopic (exact) mass is 798 g/mol. The summed E-state index contributed by atoms with van der Waals surface area (Å²) in [5, 5.41) is 119. The van der Waals surface area contributed by atoms with E-state index in [0.717, 1.165) is 24.3 Å². The Labute approximate surface area is 317 Å². The van der Waals surface area contributed by atoms with Crippen LogP contribution in [0, 0.1) is 0 Å². The maximum absolute atomic E-state index is 13.4. The van der Waals surface area contributed by atoms with Gasteiger partial charge in [0, 0.05) is 6.08 Å². The summed E-state index contributed by atoms with van der Waals surface area (Å²) in [7, 11) is 0. The molecule has 0 aliphatic carbocycles. The van der Waals surface area contributed by atoms with Gasteiger partial charge in [0.15, 0.2) is 81.6 Å². The van der Waals surface area contributed by atoms with Gasteiger partial charge in [-0.05, 0) is 60.2 Å². The van der Waals surface area contributed by atoms with Gasteiger partial charge in [-0.2, -0.15) is 0 Å². The average Bonchev–Trinajstić information content (AvgIpc) is 3.16. The van der Waals surface area contributed by atoms with Gasteiger partial charge in [-0.3, -0.25) is 0 Å². The van der Waals surface area contributed by atoms with Crippen LogP contribution in [0.5, 0.6) is 63.2 Å². The second kappa shape index (κ2) is 16.3. The van der Waals surface area contributed by atoms with Crippen molar-refractivity contribution < 1.29 is 104 Å². The summed E-state index contributed by atoms with van der Waals surface area (Å²) in [5.41, 5.74) is -1.73. The molecule has 1 heterocycles. The van der Waals surface area contributed by atoms with E-state index in [4.69, 9.17) is 23.7 Å². The van der Waals surface area contributed by atoms with Crippen molar-refractivity contribution in [3.8, 4) is 63.2 Å². The number of carbonyl (C=O) groups excluding carboxylic acids is 4. The fraction of sp³-hybridized carbons (Fsp3) is 0.167. The van der Waals surface area contributed by atoms with Crippen LogP contribution in [-0.2, 0) is 28.5 Å². The third-order valence-electron chi connectivity index (χ3n) is 8.04. The highest BCUT2D eigenvalue weighted by molar-refractivity contribution is 5.93. The number of benzene rings is 4. The summed E-state index contributed by atoms with van der Waals surface area (Å²) in [5.74, 6) is -15.5. The van der Waals surface area contributed by atoms with Gasteiger partial charge in [0.2, 0.25) is 6.29 Å². The molecule has 5 atom stereocenters. The number of rotatable bonds is 10. The van der Waals surface area contributed by atoms with E-state index < -0.39 is 141 Å². The summed E-state index contributed by atoms with van der Waals surface area (Å²) < 4.78 is 26.9. The van der Waals surface area contributed by atoms with Crippen LogP contribution in [-0.4, -0.2) is 122 Å². The van der Waals surface area contributed by atoms with Gasteiger partial charge in [-0.15, -0.1) is 0 Å². The van der Waals surface area contributed by atoms with Crippen LogP contribution < -0.4 is 0 Å². The minimum atomic E-state index is -2.37. The van der Waals surface area contributed by atoms with E-state index in [9.17, 15) is 80.5 Å². The molecule has 4 aromatic carbocycles. The Morgan fingerprint density at radius 3 is 1.40 bits per heavy atom. The van der Waals surface area contributed by atoms with E-state index in [0.29, 0.717) is 36.4 Å². The van der Waals surface area contributed by atoms with Crippen LogP contribution in [0.4, 0.5) is 0 Å². The number of hydrogen-bond donors (Lipinski definition) is 12. The van der Waals surface area contributed by atoms with Crippen molar-refractivity contribution in [3.63, 3.8) is 0 Å². The van der Waals surface area contributed by atoms with Crippen molar-refractivity contribution in [2.24, 2.45) is 0 Å². The van der Waals surface area contributed by atoms with Crippen LogP contribution in [0.15, 0.2) is 60.7 Å². The maximum Gasteiger partial charge on any atom is 0.340 e. The van der Waals surface area contributed by atoms with Crippen LogP contribution >= 0.6 is 0 Å². The number of carbonyl (C=O) groups is 4. The fourth-order valence-corrected chi connectivity index (χ4v) is 5.15. The topological polar surface area (TPSA) is 357 Å². The molecule has 57 heavy (non-hydrogen) atoms. The Kier molecular flexibility index (Phi) is 11.6. The number of hydrogen-bond acceptors (Lipinski definition) is 21. The van der Waals surface area contributed by atoms with Crippen molar-refractivity contribution in [2.45, 2.75) is 30.7 Å². The molecule has 12 N–H and O–H groups in total. The first-order valence-electron chi connectivity index (χ1n) is 15.9. The van der Waals surface area contributed by atoms with Crippen LogP contribution in [0.25, 0.3) is 6.08 Å². The average molecular weight is 799 g/mol. The van der Waals surface area contributed by atoms with Crippen LogP contribution in [0.2, 0.25) is 0 Å². The van der Waals surface area contributed by atoms with Gasteiger partial charge in [0.25, 0.3) is 0 Å². The van der Waals surface area contributed by atoms with Crippen molar-refractivity contribution in [1.29, 1.82) is 0 Å². The lowest BCUT2D eigenvalue weighted by molar-refractivity contribution is -0.284. The summed E-state index contributed by atoms with van der Waals surface area (Å²) in [4.78, 5) is 52.7. The molecule has 1 saturated heterocycles. The van der Waals surface area contributed by atoms with Gasteiger partial charge in [-0.1, -0.05) is 6.07 Å². The predicted molar refractivity (Wildman–Crippen MR) is 183 cm³/mol. The Bertz CT molecular complexity index is 2200. The van der Waals surface area contributed by atoms with E-state index >= 15 is 0 Å². The fourth-order valence-electron chi connectivity index (χ4n) is 5.15. The minimum absolute atomic E-state index is 0.211. The number of esters is 4. The van der Waals surface area contributed by atoms with Crippen molar-refractivity contribution in [3.05, 3.63) is 82.9 Å². The van der Waals surface area contributed by atoms with Gasteiger partial charge in [-0.25, -0.2) is 19.2 Å². The number of aliphatic hydroxyl groups excluding tert-OH is 1. The summed E-state index contributed by atoms with van der Waals surface area (Å²) in [6, 6.07) is 7.40. The second-order valence-electron chi connectivity index (χ2n) is 12.0. The number of aliphatic hydroxyl groups is 1. The highest BCUT2D eigenvalue weighted by Crippen LogP contribution is 2.39. The molecule has 0 aromatic heterocycles. The van der Waals surface area contributed by atoms with E-state index in [2.05, 4.69) is 0 Å². The van der Waals surface area contributed by atoms with Gasteiger partial charge in [0.1, 0.15) is 12.7 Å². The highest BCUT2D eigenvalue weighted by Gasteiger charge is 2.52. The molecule has 5 unspecified atom stereocenters. The Morgan fingerprint density at radius 2 is 0.965 bits per heavy atom. The molecule has 4 aromatic rings. The molecule has 1 aliphatic rings. The molecule has 1 aliphatic heterocycles. The Hall–Kier alpha value is -7.78. The Morgan fingerprint density at radius 1 is 0.544 bits per heavy atom. The second-order valence-corrected chi connectivity index (χ2v) is 12.0. The zero-order valence-corrected chi connectivity index (χ0v) is 28.5. The lowest BCUT2D eigenvalue weighted by Crippen LogP contribution is -2.62. The quantitative estimate of drug-likeness (QED) is 0.0467. The highest BCUT2D eigenvalue weighted by atomic mass is 16.7. The van der Waals surface area contributed by atoms with E-state index in [1.165, 1.54) is 6.07 Å². The predicted octanol–water partition coefficient (Wildman–Crippen LogP) is 1.40. The first kappa shape index (κ1) is 40.4. The van der Waals surface area contributed by atoms with E-state index in [-0.39, 0.29) is 5.56 Å². The van der Waals surface area contributed by atoms with Gasteiger partial charge < -0.3 is 85.0 Å². The first-order valence-corrected chi connectivity index (χ1v) is 15.9. The third kappa shape index (κ3) is 8.96. The maximum atomic E-state index is 13.4. The molecule has 5 rings (SSSR count). The van der Waals surface area contributed by atoms with Crippen molar-refractivity contribution in [1.82, 2.24) is 0 Å². The lowest BCUT2D eigenvalue weighted by Gasteiger charge is -2.42. The van der Waals surface area contributed by atoms with Gasteiger partial charge in [0.05, 0.1) is 16.7 Å². The summed E-state index contributed by atoms with van der Waals surface area (Å²) >= 11 is 0. The molecule has 1 fully saturated rings. The molecular weight excluding hydrogens is 768 g/mol. The van der Waals surface area contributed by atoms with Crippen LogP contribution in [0.3, 0.4) is 0 Å². The number of ether oxygens (including phenoxy) is 5. The molecule has 0 saturated carbocycles. The number of phenols is 11. The lowest BCUT2D eigenvalue weighted by atomic mass is 9.98. The molecule has 21 nitrogen and oxygen atoms in total. The van der Waals surface area contributed by atoms with E-state index in [1.807, 2.05) is 0 Å². The first-order chi connectivity index (χ1) is 26.8. The summed E-state index contributed by atoms with van der Waals surface area (Å²) in [6.07, 6.45) is -8.87. The molecule has 0 bridgehead atoms. The zero-order chi connectivity index (χ0) is 41.9. The minimum Gasteiger partial charge on any atom is -0.504 e. The number of aromatic hydroxyl groups is 11. The van der Waals surface area contributed by atoms with Crippen LogP contribution in [0.1, 0.15) is 36.6 Å². The molecule has 21 heteroatoms. The zero-order valence-electron chi connectivity index (χ0n) is 28.5. The van der Waals surface area contributed by atoms with E-state index in [1.54, 1.807) is 0 Å². The molecular formula is C36H30O21. The molecule has 0 amide bonds. The molecule has 0 radical (unpaired) electrons. The molecule has 0 spiro atoms. The normalized spacial score (nSPS) is 19.1. The standard InChI is InChI=1S/C36H30O21/c37-17-3-1-13(5-18(17)38)2-4-26(45)53-12-25-31(55-33(50)14-6-19(39)27(46)20(40)7-14)32(56-34(51)15-8-21(41)28(47)22(42)9-15)30(49)36(54-25)57-35(52)16-10-23(43)29(48)24(44)11-16/h1-11,25,30-32,36-44,46-49H,12H2. The number of phenolic OH excluding ortho intramolecular Hbond substituents is 11. The smallest absolute Gasteiger partial charge is 0.340 e.